The minimum Gasteiger partial charge on any atom is -0.410 e. The van der Waals surface area contributed by atoms with Crippen LogP contribution in [0.15, 0.2) is 29.7 Å². The zero-order valence-electron chi connectivity index (χ0n) is 6.54. The average molecular weight is 178 g/mol. The molecule has 1 aromatic rings. The summed E-state index contributed by atoms with van der Waals surface area (Å²) < 4.78 is 0. The van der Waals surface area contributed by atoms with Gasteiger partial charge in [0.1, 0.15) is 0 Å². The van der Waals surface area contributed by atoms with Crippen LogP contribution in [0, 0.1) is 0 Å². The van der Waals surface area contributed by atoms with Crippen LogP contribution < -0.4 is 0 Å². The van der Waals surface area contributed by atoms with Crippen LogP contribution in [0.4, 0.5) is 0 Å². The Morgan fingerprint density at radius 3 is 2.85 bits per heavy atom. The van der Waals surface area contributed by atoms with Crippen LogP contribution in [-0.4, -0.2) is 28.0 Å². The lowest BCUT2D eigenvalue weighted by atomic mass is 10.1. The van der Waals surface area contributed by atoms with Crippen LogP contribution in [0.5, 0.6) is 0 Å². The number of Topliss-reactive ketones (excluding diaryl/α,β-unsaturated/α-hetero) is 1. The Hall–Kier alpha value is -2.04. The van der Waals surface area contributed by atoms with Gasteiger partial charge in [-0.1, -0.05) is 5.16 Å². The van der Waals surface area contributed by atoms with E-state index in [0.29, 0.717) is 0 Å². The molecule has 5 nitrogen and oxygen atoms in total. The van der Waals surface area contributed by atoms with Crippen molar-refractivity contribution in [2.75, 3.05) is 0 Å². The van der Waals surface area contributed by atoms with Crippen molar-refractivity contribution < 1.29 is 14.8 Å². The second-order valence-electron chi connectivity index (χ2n) is 2.17. The maximum absolute atomic E-state index is 11.2. The Morgan fingerprint density at radius 1 is 1.62 bits per heavy atom. The van der Waals surface area contributed by atoms with Gasteiger partial charge in [-0.2, -0.15) is 0 Å². The van der Waals surface area contributed by atoms with Crippen LogP contribution in [-0.2, 0) is 4.79 Å². The number of carbonyl (C=O) groups is 2. The predicted molar refractivity (Wildman–Crippen MR) is 43.9 cm³/mol. The Kier molecular flexibility index (Phi) is 2.86. The van der Waals surface area contributed by atoms with Gasteiger partial charge in [0, 0.05) is 18.0 Å². The molecule has 1 heterocycles. The third-order valence-electron chi connectivity index (χ3n) is 1.38. The van der Waals surface area contributed by atoms with Gasteiger partial charge in [0.25, 0.3) is 0 Å². The third kappa shape index (κ3) is 1.96. The van der Waals surface area contributed by atoms with Crippen molar-refractivity contribution in [3.8, 4) is 0 Å². The van der Waals surface area contributed by atoms with Crippen LogP contribution in [0.25, 0.3) is 0 Å². The largest absolute Gasteiger partial charge is 0.410 e. The van der Waals surface area contributed by atoms with E-state index in [1.165, 1.54) is 18.5 Å². The molecular formula is C8H6N2O3. The van der Waals surface area contributed by atoms with E-state index in [9.17, 15) is 9.59 Å². The summed E-state index contributed by atoms with van der Waals surface area (Å²) in [6.45, 7) is 0. The first-order valence-corrected chi connectivity index (χ1v) is 3.41. The zero-order valence-corrected chi connectivity index (χ0v) is 6.54. The second kappa shape index (κ2) is 4.10. The van der Waals surface area contributed by atoms with Crippen molar-refractivity contribution in [3.63, 3.8) is 0 Å². The van der Waals surface area contributed by atoms with E-state index in [0.717, 1.165) is 0 Å². The molecule has 0 saturated heterocycles. The SMILES string of the molecule is O=C/C(=N\O)C(=O)c1cccnc1. The van der Waals surface area contributed by atoms with E-state index in [4.69, 9.17) is 5.21 Å². The van der Waals surface area contributed by atoms with E-state index in [2.05, 4.69) is 10.1 Å². The lowest BCUT2D eigenvalue weighted by Gasteiger charge is -1.94. The van der Waals surface area contributed by atoms with Gasteiger partial charge in [0.15, 0.2) is 12.0 Å². The number of nitrogens with zero attached hydrogens (tertiary/aromatic N) is 2. The zero-order chi connectivity index (χ0) is 9.68. The molecule has 0 fully saturated rings. The monoisotopic (exact) mass is 178 g/mol. The standard InChI is InChI=1S/C8H6N2O3/c11-5-7(10-13)8(12)6-2-1-3-9-4-6/h1-5,13H/b10-7+. The van der Waals surface area contributed by atoms with Gasteiger partial charge in [-0.3, -0.25) is 14.6 Å². The molecule has 1 aromatic heterocycles. The van der Waals surface area contributed by atoms with Crippen LogP contribution in [0.1, 0.15) is 10.4 Å². The molecule has 0 aliphatic rings. The molecule has 1 rings (SSSR count). The van der Waals surface area contributed by atoms with Gasteiger partial charge >= 0.3 is 0 Å². The van der Waals surface area contributed by atoms with Crippen molar-refractivity contribution >= 4 is 17.8 Å². The van der Waals surface area contributed by atoms with Gasteiger partial charge in [0.05, 0.1) is 0 Å². The second-order valence-corrected chi connectivity index (χ2v) is 2.17. The van der Waals surface area contributed by atoms with Gasteiger partial charge in [-0.05, 0) is 12.1 Å². The molecule has 0 aromatic carbocycles. The summed E-state index contributed by atoms with van der Waals surface area (Å²) in [6, 6.07) is 3.02. The fourth-order valence-electron chi connectivity index (χ4n) is 0.767. The number of aldehydes is 1. The number of oxime groups is 1. The summed E-state index contributed by atoms with van der Waals surface area (Å²) in [5.74, 6) is -0.648. The van der Waals surface area contributed by atoms with Gasteiger partial charge in [0.2, 0.25) is 5.78 Å². The molecule has 0 atom stereocenters. The molecule has 0 aliphatic heterocycles. The molecular weight excluding hydrogens is 172 g/mol. The van der Waals surface area contributed by atoms with E-state index in [1.54, 1.807) is 6.07 Å². The van der Waals surface area contributed by atoms with Gasteiger partial charge in [-0.25, -0.2) is 0 Å². The summed E-state index contributed by atoms with van der Waals surface area (Å²) >= 11 is 0. The number of hydrogen-bond acceptors (Lipinski definition) is 5. The van der Waals surface area contributed by atoms with E-state index >= 15 is 0 Å². The topological polar surface area (TPSA) is 79.6 Å². The highest BCUT2D eigenvalue weighted by Gasteiger charge is 2.13. The number of aromatic nitrogens is 1. The van der Waals surface area contributed by atoms with Crippen LogP contribution in [0.2, 0.25) is 0 Å². The molecule has 0 spiro atoms. The maximum Gasteiger partial charge on any atom is 0.219 e. The summed E-state index contributed by atoms with van der Waals surface area (Å²) in [6.07, 6.45) is 2.97. The molecule has 66 valence electrons. The molecule has 0 unspecified atom stereocenters. The molecule has 0 amide bonds. The molecule has 1 N–H and O–H groups in total. The predicted octanol–water partition coefficient (Wildman–Crippen LogP) is 0.293. The minimum atomic E-state index is -0.648. The molecule has 5 heteroatoms. The fourth-order valence-corrected chi connectivity index (χ4v) is 0.767. The minimum absolute atomic E-state index is 0.190. The van der Waals surface area contributed by atoms with Crippen molar-refractivity contribution in [1.82, 2.24) is 4.98 Å². The van der Waals surface area contributed by atoms with E-state index in [1.807, 2.05) is 0 Å². The third-order valence-corrected chi connectivity index (χ3v) is 1.38. The Bertz CT molecular complexity index is 346. The molecule has 0 aliphatic carbocycles. The Balaban J connectivity index is 2.98. The summed E-state index contributed by atoms with van der Waals surface area (Å²) in [5.41, 5.74) is -0.324. The maximum atomic E-state index is 11.2. The Morgan fingerprint density at radius 2 is 2.38 bits per heavy atom. The average Bonchev–Trinajstić information content (AvgIpc) is 2.21. The van der Waals surface area contributed by atoms with Crippen molar-refractivity contribution in [2.24, 2.45) is 5.16 Å². The lowest BCUT2D eigenvalue weighted by Crippen LogP contribution is -2.15. The summed E-state index contributed by atoms with van der Waals surface area (Å²) in [7, 11) is 0. The lowest BCUT2D eigenvalue weighted by molar-refractivity contribution is -0.102. The van der Waals surface area contributed by atoms with Crippen molar-refractivity contribution in [2.45, 2.75) is 0 Å². The van der Waals surface area contributed by atoms with E-state index < -0.39 is 11.5 Å². The van der Waals surface area contributed by atoms with Crippen molar-refractivity contribution in [3.05, 3.63) is 30.1 Å². The molecule has 13 heavy (non-hydrogen) atoms. The quantitative estimate of drug-likeness (QED) is 0.180. The van der Waals surface area contributed by atoms with Gasteiger partial charge in [-0.15, -0.1) is 0 Å². The van der Waals surface area contributed by atoms with Crippen LogP contribution in [0.3, 0.4) is 0 Å². The van der Waals surface area contributed by atoms with E-state index in [-0.39, 0.29) is 11.8 Å². The number of pyridine rings is 1. The highest BCUT2D eigenvalue weighted by Crippen LogP contribution is 1.98. The summed E-state index contributed by atoms with van der Waals surface area (Å²) in [4.78, 5) is 25.1. The summed E-state index contributed by atoms with van der Waals surface area (Å²) in [5, 5.41) is 10.8. The number of ketones is 1. The molecule has 0 saturated carbocycles. The van der Waals surface area contributed by atoms with Crippen molar-refractivity contribution in [1.29, 1.82) is 0 Å². The van der Waals surface area contributed by atoms with Gasteiger partial charge < -0.3 is 5.21 Å². The first-order valence-electron chi connectivity index (χ1n) is 3.41. The van der Waals surface area contributed by atoms with Crippen LogP contribution >= 0.6 is 0 Å². The fraction of sp³-hybridized carbons (Fsp3) is 0. The number of rotatable bonds is 3. The Labute approximate surface area is 73.7 Å². The number of carbonyl (C=O) groups excluding carboxylic acids is 2. The highest BCUT2D eigenvalue weighted by atomic mass is 16.4. The highest BCUT2D eigenvalue weighted by molar-refractivity contribution is 6.63. The first kappa shape index (κ1) is 9.05. The number of hydrogen-bond donors (Lipinski definition) is 1. The first-order chi connectivity index (χ1) is 6.29. The molecule has 0 radical (unpaired) electrons. The normalized spacial score (nSPS) is 10.9. The smallest absolute Gasteiger partial charge is 0.219 e. The molecule has 0 bridgehead atoms.